The van der Waals surface area contributed by atoms with Gasteiger partial charge in [0.05, 0.1) is 5.56 Å². The zero-order valence-electron chi connectivity index (χ0n) is 11.8. The summed E-state index contributed by atoms with van der Waals surface area (Å²) in [5, 5.41) is 0. The quantitative estimate of drug-likeness (QED) is 0.837. The van der Waals surface area contributed by atoms with Gasteiger partial charge in [-0.25, -0.2) is 18.7 Å². The number of nitrogens with zero attached hydrogens (tertiary/aromatic N) is 4. The van der Waals surface area contributed by atoms with Crippen molar-refractivity contribution in [2.45, 2.75) is 31.6 Å². The van der Waals surface area contributed by atoms with Gasteiger partial charge >= 0.3 is 0 Å². The summed E-state index contributed by atoms with van der Waals surface area (Å²) in [4.78, 5) is 24.2. The first kappa shape index (κ1) is 14.2. The fourth-order valence-electron chi connectivity index (χ4n) is 2.73. The molecule has 21 heavy (non-hydrogen) atoms. The van der Waals surface area contributed by atoms with E-state index in [9.17, 15) is 13.6 Å². The van der Waals surface area contributed by atoms with Crippen molar-refractivity contribution in [1.29, 1.82) is 0 Å². The molecule has 7 heteroatoms. The first-order valence-electron chi connectivity index (χ1n) is 7.29. The van der Waals surface area contributed by atoms with Crippen LogP contribution in [-0.4, -0.2) is 52.9 Å². The zero-order chi connectivity index (χ0) is 14.9. The lowest BCUT2D eigenvalue weighted by Crippen LogP contribution is -2.42. The lowest BCUT2D eigenvalue weighted by Gasteiger charge is -2.31. The number of carbonyl (C=O) groups excluding carboxylic acids is 1. The standard InChI is InChI=1S/C14H18F2N4O/c15-14(16)3-7-19(8-4-14)12(21)11-9-17-13(18-10-11)20-5-1-2-6-20/h9-10H,1-8H2. The molecule has 0 N–H and O–H groups in total. The van der Waals surface area contributed by atoms with Gasteiger partial charge < -0.3 is 9.80 Å². The zero-order valence-corrected chi connectivity index (χ0v) is 11.8. The molecule has 0 spiro atoms. The van der Waals surface area contributed by atoms with E-state index in [1.807, 2.05) is 0 Å². The highest BCUT2D eigenvalue weighted by molar-refractivity contribution is 5.93. The molecule has 2 fully saturated rings. The topological polar surface area (TPSA) is 49.3 Å². The molecule has 0 atom stereocenters. The molecular weight excluding hydrogens is 278 g/mol. The highest BCUT2D eigenvalue weighted by atomic mass is 19.3. The van der Waals surface area contributed by atoms with Crippen molar-refractivity contribution >= 4 is 11.9 Å². The van der Waals surface area contributed by atoms with E-state index in [4.69, 9.17) is 0 Å². The third-order valence-electron chi connectivity index (χ3n) is 4.06. The maximum Gasteiger partial charge on any atom is 0.256 e. The van der Waals surface area contributed by atoms with E-state index in [0.717, 1.165) is 25.9 Å². The Kier molecular flexibility index (Phi) is 3.73. The summed E-state index contributed by atoms with van der Waals surface area (Å²) in [5.41, 5.74) is 0.364. The van der Waals surface area contributed by atoms with Crippen molar-refractivity contribution in [2.24, 2.45) is 0 Å². The Morgan fingerprint density at radius 1 is 1.05 bits per heavy atom. The van der Waals surface area contributed by atoms with Crippen molar-refractivity contribution in [1.82, 2.24) is 14.9 Å². The average Bonchev–Trinajstić information content (AvgIpc) is 3.01. The largest absolute Gasteiger partial charge is 0.341 e. The van der Waals surface area contributed by atoms with Crippen molar-refractivity contribution in [2.75, 3.05) is 31.1 Å². The number of piperidine rings is 1. The van der Waals surface area contributed by atoms with Crippen LogP contribution < -0.4 is 4.90 Å². The van der Waals surface area contributed by atoms with Crippen LogP contribution in [0.4, 0.5) is 14.7 Å². The minimum atomic E-state index is -2.65. The molecule has 1 aromatic heterocycles. The van der Waals surface area contributed by atoms with Crippen LogP contribution in [0.5, 0.6) is 0 Å². The maximum atomic E-state index is 13.1. The number of halogens is 2. The number of carbonyl (C=O) groups is 1. The number of aromatic nitrogens is 2. The Morgan fingerprint density at radius 3 is 2.19 bits per heavy atom. The predicted molar refractivity (Wildman–Crippen MR) is 73.6 cm³/mol. The van der Waals surface area contributed by atoms with Crippen LogP contribution in [0, 0.1) is 0 Å². The summed E-state index contributed by atoms with van der Waals surface area (Å²) in [6, 6.07) is 0. The summed E-state index contributed by atoms with van der Waals surface area (Å²) < 4.78 is 26.2. The molecule has 2 aliphatic heterocycles. The lowest BCUT2D eigenvalue weighted by atomic mass is 10.1. The SMILES string of the molecule is O=C(c1cnc(N2CCCC2)nc1)N1CCC(F)(F)CC1. The first-order valence-corrected chi connectivity index (χ1v) is 7.29. The summed E-state index contributed by atoms with van der Waals surface area (Å²) in [5.74, 6) is -2.28. The fraction of sp³-hybridized carbons (Fsp3) is 0.643. The molecular formula is C14H18F2N4O. The van der Waals surface area contributed by atoms with Gasteiger partial charge in [-0.05, 0) is 12.8 Å². The minimum Gasteiger partial charge on any atom is -0.341 e. The third-order valence-corrected chi connectivity index (χ3v) is 4.06. The van der Waals surface area contributed by atoms with Gasteiger partial charge in [-0.15, -0.1) is 0 Å². The van der Waals surface area contributed by atoms with E-state index in [-0.39, 0.29) is 31.8 Å². The molecule has 3 heterocycles. The Bertz CT molecular complexity index is 504. The number of anilines is 1. The lowest BCUT2D eigenvalue weighted by molar-refractivity contribution is -0.0494. The molecule has 1 amide bonds. The van der Waals surface area contributed by atoms with E-state index in [1.165, 1.54) is 17.3 Å². The number of rotatable bonds is 2. The van der Waals surface area contributed by atoms with Crippen LogP contribution >= 0.6 is 0 Å². The molecule has 1 aromatic rings. The Morgan fingerprint density at radius 2 is 1.62 bits per heavy atom. The molecule has 0 aliphatic carbocycles. The second kappa shape index (κ2) is 5.54. The van der Waals surface area contributed by atoms with Gasteiger partial charge in [0.1, 0.15) is 0 Å². The molecule has 0 aromatic carbocycles. The minimum absolute atomic E-state index is 0.0830. The van der Waals surface area contributed by atoms with Crippen molar-refractivity contribution in [3.8, 4) is 0 Å². The van der Waals surface area contributed by atoms with Gasteiger partial charge in [0.2, 0.25) is 5.95 Å². The average molecular weight is 296 g/mol. The number of hydrogen-bond acceptors (Lipinski definition) is 4. The van der Waals surface area contributed by atoms with Crippen molar-refractivity contribution in [3.63, 3.8) is 0 Å². The van der Waals surface area contributed by atoms with Gasteiger partial charge in [0, 0.05) is 51.4 Å². The smallest absolute Gasteiger partial charge is 0.256 e. The van der Waals surface area contributed by atoms with E-state index in [0.29, 0.717) is 11.5 Å². The van der Waals surface area contributed by atoms with Crippen molar-refractivity contribution < 1.29 is 13.6 Å². The van der Waals surface area contributed by atoms with Crippen LogP contribution in [-0.2, 0) is 0 Å². The fourth-order valence-corrected chi connectivity index (χ4v) is 2.73. The van der Waals surface area contributed by atoms with Gasteiger partial charge in [-0.3, -0.25) is 4.79 Å². The van der Waals surface area contributed by atoms with Crippen LogP contribution in [0.2, 0.25) is 0 Å². The van der Waals surface area contributed by atoms with Gasteiger partial charge in [-0.2, -0.15) is 0 Å². The van der Waals surface area contributed by atoms with E-state index in [1.54, 1.807) is 0 Å². The Hall–Kier alpha value is -1.79. The second-order valence-corrected chi connectivity index (χ2v) is 5.61. The molecule has 3 rings (SSSR count). The summed E-state index contributed by atoms with van der Waals surface area (Å²) >= 11 is 0. The van der Waals surface area contributed by atoms with Crippen molar-refractivity contribution in [3.05, 3.63) is 18.0 Å². The normalized spacial score (nSPS) is 21.6. The van der Waals surface area contributed by atoms with Gasteiger partial charge in [-0.1, -0.05) is 0 Å². The van der Waals surface area contributed by atoms with Crippen LogP contribution in [0.3, 0.4) is 0 Å². The molecule has 2 saturated heterocycles. The third kappa shape index (κ3) is 3.11. The van der Waals surface area contributed by atoms with E-state index >= 15 is 0 Å². The van der Waals surface area contributed by atoms with Crippen LogP contribution in [0.25, 0.3) is 0 Å². The second-order valence-electron chi connectivity index (χ2n) is 5.61. The molecule has 5 nitrogen and oxygen atoms in total. The van der Waals surface area contributed by atoms with Crippen LogP contribution in [0.15, 0.2) is 12.4 Å². The summed E-state index contributed by atoms with van der Waals surface area (Å²) in [7, 11) is 0. The monoisotopic (exact) mass is 296 g/mol. The van der Waals surface area contributed by atoms with E-state index in [2.05, 4.69) is 14.9 Å². The highest BCUT2D eigenvalue weighted by Gasteiger charge is 2.35. The van der Waals surface area contributed by atoms with Gasteiger partial charge in [0.25, 0.3) is 11.8 Å². The summed E-state index contributed by atoms with van der Waals surface area (Å²) in [6.07, 6.45) is 4.71. The summed E-state index contributed by atoms with van der Waals surface area (Å²) in [6.45, 7) is 2.04. The van der Waals surface area contributed by atoms with Crippen LogP contribution in [0.1, 0.15) is 36.0 Å². The first-order chi connectivity index (χ1) is 10.1. The number of amides is 1. The number of alkyl halides is 2. The van der Waals surface area contributed by atoms with E-state index < -0.39 is 5.92 Å². The molecule has 0 saturated carbocycles. The predicted octanol–water partition coefficient (Wildman–Crippen LogP) is 1.95. The highest BCUT2D eigenvalue weighted by Crippen LogP contribution is 2.28. The number of hydrogen-bond donors (Lipinski definition) is 0. The molecule has 0 bridgehead atoms. The molecule has 0 radical (unpaired) electrons. The molecule has 0 unspecified atom stereocenters. The maximum absolute atomic E-state index is 13.1. The molecule has 114 valence electrons. The Labute approximate surface area is 122 Å². The Balaban J connectivity index is 1.65. The number of likely N-dealkylation sites (tertiary alicyclic amines) is 1. The van der Waals surface area contributed by atoms with Gasteiger partial charge in [0.15, 0.2) is 0 Å². The molecule has 2 aliphatic rings.